The van der Waals surface area contributed by atoms with Crippen molar-refractivity contribution in [1.29, 1.82) is 5.26 Å². The molecule has 1 aromatic carbocycles. The Kier molecular flexibility index (Phi) is 4.21. The lowest BCUT2D eigenvalue weighted by molar-refractivity contribution is -0.120. The summed E-state index contributed by atoms with van der Waals surface area (Å²) in [7, 11) is 1.39. The highest BCUT2D eigenvalue weighted by molar-refractivity contribution is 6.31. The van der Waals surface area contributed by atoms with E-state index in [9.17, 15) is 13.6 Å². The molecular formula is C13H12ClF2N3O. The third kappa shape index (κ3) is 2.60. The van der Waals surface area contributed by atoms with E-state index in [2.05, 4.69) is 11.4 Å². The zero-order valence-corrected chi connectivity index (χ0v) is 11.4. The van der Waals surface area contributed by atoms with Crippen LogP contribution in [0.5, 0.6) is 0 Å². The highest BCUT2D eigenvalue weighted by Crippen LogP contribution is 2.28. The van der Waals surface area contributed by atoms with E-state index in [0.29, 0.717) is 13.0 Å². The van der Waals surface area contributed by atoms with E-state index in [-0.39, 0.29) is 17.5 Å². The molecular weight excluding hydrogens is 288 g/mol. The van der Waals surface area contributed by atoms with Crippen LogP contribution in [0, 0.1) is 28.9 Å². The second-order valence-electron chi connectivity index (χ2n) is 4.61. The van der Waals surface area contributed by atoms with Crippen LogP contribution < -0.4 is 10.2 Å². The molecule has 0 bridgehead atoms. The van der Waals surface area contributed by atoms with Crippen LogP contribution in [0.1, 0.15) is 6.42 Å². The van der Waals surface area contributed by atoms with Crippen molar-refractivity contribution in [3.63, 3.8) is 0 Å². The van der Waals surface area contributed by atoms with E-state index in [0.717, 1.165) is 17.0 Å². The van der Waals surface area contributed by atoms with Gasteiger partial charge in [-0.2, -0.15) is 5.26 Å². The fourth-order valence-electron chi connectivity index (χ4n) is 2.15. The number of rotatable bonds is 2. The van der Waals surface area contributed by atoms with Crippen LogP contribution in [0.15, 0.2) is 12.1 Å². The Bertz CT molecular complexity index is 588. The van der Waals surface area contributed by atoms with Crippen molar-refractivity contribution in [3.8, 4) is 6.07 Å². The predicted octanol–water partition coefficient (Wildman–Crippen LogP) is 2.08. The number of carbonyl (C=O) groups is 1. The van der Waals surface area contributed by atoms with Crippen LogP contribution in [-0.4, -0.2) is 25.5 Å². The van der Waals surface area contributed by atoms with Crippen LogP contribution in [-0.2, 0) is 4.79 Å². The molecule has 0 aliphatic carbocycles. The third-order valence-corrected chi connectivity index (χ3v) is 3.66. The Morgan fingerprint density at radius 3 is 2.85 bits per heavy atom. The minimum absolute atomic E-state index is 0.0939. The highest BCUT2D eigenvalue weighted by Gasteiger charge is 2.32. The van der Waals surface area contributed by atoms with Crippen LogP contribution in [0.2, 0.25) is 5.02 Å². The molecule has 0 aromatic heterocycles. The van der Waals surface area contributed by atoms with Gasteiger partial charge >= 0.3 is 0 Å². The van der Waals surface area contributed by atoms with Gasteiger partial charge in [0.1, 0.15) is 10.8 Å². The molecule has 20 heavy (non-hydrogen) atoms. The van der Waals surface area contributed by atoms with Gasteiger partial charge in [-0.25, -0.2) is 8.78 Å². The number of carbonyl (C=O) groups excluding carboxylic acids is 1. The zero-order chi connectivity index (χ0) is 14.9. The van der Waals surface area contributed by atoms with Crippen molar-refractivity contribution in [2.45, 2.75) is 12.5 Å². The smallest absolute Gasteiger partial charge is 0.243 e. The Morgan fingerprint density at radius 1 is 1.55 bits per heavy atom. The maximum atomic E-state index is 13.9. The van der Waals surface area contributed by atoms with Gasteiger partial charge < -0.3 is 10.2 Å². The van der Waals surface area contributed by atoms with Crippen molar-refractivity contribution >= 4 is 23.2 Å². The normalized spacial score (nSPS) is 21.6. The van der Waals surface area contributed by atoms with Gasteiger partial charge in [0.05, 0.1) is 23.7 Å². The Balaban J connectivity index is 2.20. The number of halogens is 3. The average molecular weight is 300 g/mol. The van der Waals surface area contributed by atoms with Crippen molar-refractivity contribution in [2.75, 3.05) is 18.5 Å². The van der Waals surface area contributed by atoms with Crippen LogP contribution in [0.25, 0.3) is 0 Å². The van der Waals surface area contributed by atoms with E-state index >= 15 is 0 Å². The second-order valence-corrected chi connectivity index (χ2v) is 4.99. The standard InChI is InChI=1S/C13H12ClF2N3O/c1-19(10-3-2-8(15)11(14)12(10)16)13(20)9-4-7(5-17)6-18-9/h2-3,7,9,18H,4,6H2,1H3/t7-,9+/m1/s1. The number of benzene rings is 1. The number of hydrogen-bond acceptors (Lipinski definition) is 3. The number of hydrogen-bond donors (Lipinski definition) is 1. The van der Waals surface area contributed by atoms with Gasteiger partial charge in [-0.3, -0.25) is 4.79 Å². The number of anilines is 1. The Morgan fingerprint density at radius 2 is 2.25 bits per heavy atom. The fraction of sp³-hybridized carbons (Fsp3) is 0.385. The lowest BCUT2D eigenvalue weighted by Gasteiger charge is -2.22. The summed E-state index contributed by atoms with van der Waals surface area (Å²) in [5.41, 5.74) is -0.0939. The molecule has 1 aliphatic rings. The minimum atomic E-state index is -0.975. The molecule has 1 heterocycles. The van der Waals surface area contributed by atoms with Crippen LogP contribution in [0.3, 0.4) is 0 Å². The summed E-state index contributed by atoms with van der Waals surface area (Å²) in [4.78, 5) is 13.3. The predicted molar refractivity (Wildman–Crippen MR) is 70.3 cm³/mol. The molecule has 1 saturated heterocycles. The van der Waals surface area contributed by atoms with Gasteiger partial charge in [-0.05, 0) is 18.6 Å². The number of nitrogens with one attached hydrogen (secondary N) is 1. The molecule has 1 fully saturated rings. The van der Waals surface area contributed by atoms with Gasteiger partial charge in [-0.1, -0.05) is 11.6 Å². The van der Waals surface area contributed by atoms with Gasteiger partial charge in [0, 0.05) is 13.6 Å². The molecule has 0 unspecified atom stereocenters. The van der Waals surface area contributed by atoms with Crippen molar-refractivity contribution in [3.05, 3.63) is 28.8 Å². The summed E-state index contributed by atoms with van der Waals surface area (Å²) < 4.78 is 27.0. The molecule has 4 nitrogen and oxygen atoms in total. The summed E-state index contributed by atoms with van der Waals surface area (Å²) in [6, 6.07) is 3.69. The first kappa shape index (κ1) is 14.7. The Hall–Kier alpha value is -1.71. The van der Waals surface area contributed by atoms with Gasteiger partial charge in [0.15, 0.2) is 5.82 Å². The van der Waals surface area contributed by atoms with E-state index in [1.165, 1.54) is 7.05 Å². The molecule has 2 rings (SSSR count). The Labute approximate surface area is 119 Å². The molecule has 0 radical (unpaired) electrons. The van der Waals surface area contributed by atoms with E-state index in [4.69, 9.17) is 16.9 Å². The quantitative estimate of drug-likeness (QED) is 0.851. The molecule has 1 amide bonds. The second kappa shape index (κ2) is 5.73. The fourth-order valence-corrected chi connectivity index (χ4v) is 2.31. The van der Waals surface area contributed by atoms with Crippen LogP contribution in [0.4, 0.5) is 14.5 Å². The van der Waals surface area contributed by atoms with Gasteiger partial charge in [0.25, 0.3) is 0 Å². The third-order valence-electron chi connectivity index (χ3n) is 3.32. The lowest BCUT2D eigenvalue weighted by atomic mass is 10.1. The first-order valence-corrected chi connectivity index (χ1v) is 6.37. The lowest BCUT2D eigenvalue weighted by Crippen LogP contribution is -2.42. The van der Waals surface area contributed by atoms with Crippen molar-refractivity contribution < 1.29 is 13.6 Å². The molecule has 1 N–H and O–H groups in total. The molecule has 2 atom stereocenters. The summed E-state index contributed by atoms with van der Waals surface area (Å²) in [6.07, 6.45) is 0.371. The summed E-state index contributed by atoms with van der Waals surface area (Å²) >= 11 is 5.49. The number of nitriles is 1. The number of nitrogens with zero attached hydrogens (tertiary/aromatic N) is 2. The van der Waals surface area contributed by atoms with E-state index in [1.54, 1.807) is 0 Å². The first-order valence-electron chi connectivity index (χ1n) is 5.99. The molecule has 1 aliphatic heterocycles. The first-order chi connectivity index (χ1) is 9.45. The average Bonchev–Trinajstić information content (AvgIpc) is 2.92. The SMILES string of the molecule is CN(C(=O)[C@@H]1C[C@H](C#N)CN1)c1ccc(F)c(Cl)c1F. The molecule has 0 saturated carbocycles. The molecule has 106 valence electrons. The molecule has 0 spiro atoms. The van der Waals surface area contributed by atoms with Crippen molar-refractivity contribution in [2.24, 2.45) is 5.92 Å². The van der Waals surface area contributed by atoms with Gasteiger partial charge in [0.2, 0.25) is 5.91 Å². The summed E-state index contributed by atoms with van der Waals surface area (Å²) in [6.45, 7) is 0.424. The minimum Gasteiger partial charge on any atom is -0.311 e. The zero-order valence-electron chi connectivity index (χ0n) is 10.7. The van der Waals surface area contributed by atoms with Crippen LogP contribution >= 0.6 is 11.6 Å². The number of likely N-dealkylation sites (N-methyl/N-ethyl adjacent to an activating group) is 1. The summed E-state index contributed by atoms with van der Waals surface area (Å²) in [5, 5.41) is 11.1. The summed E-state index contributed by atoms with van der Waals surface area (Å²) in [5.74, 6) is -2.47. The largest absolute Gasteiger partial charge is 0.311 e. The van der Waals surface area contributed by atoms with Crippen molar-refractivity contribution in [1.82, 2.24) is 5.32 Å². The van der Waals surface area contributed by atoms with Gasteiger partial charge in [-0.15, -0.1) is 0 Å². The topological polar surface area (TPSA) is 56.1 Å². The molecule has 7 heteroatoms. The maximum absolute atomic E-state index is 13.9. The van der Waals surface area contributed by atoms with E-state index < -0.39 is 22.7 Å². The molecule has 1 aromatic rings. The monoisotopic (exact) mass is 299 g/mol. The highest BCUT2D eigenvalue weighted by atomic mass is 35.5. The number of amides is 1. The van der Waals surface area contributed by atoms with E-state index in [1.807, 2.05) is 0 Å². The maximum Gasteiger partial charge on any atom is 0.243 e.